The maximum Gasteiger partial charge on any atom is 0.244 e. The first-order chi connectivity index (χ1) is 11.6. The van der Waals surface area contributed by atoms with Crippen molar-refractivity contribution >= 4 is 34.6 Å². The number of rotatable bonds is 5. The largest absolute Gasteiger partial charge is 0.451 e. The van der Waals surface area contributed by atoms with Gasteiger partial charge in [-0.2, -0.15) is 0 Å². The van der Waals surface area contributed by atoms with E-state index in [4.69, 9.17) is 4.42 Å². The van der Waals surface area contributed by atoms with Crippen LogP contribution < -0.4 is 5.32 Å². The Hall–Kier alpha value is -2.35. The van der Waals surface area contributed by atoms with Gasteiger partial charge in [-0.25, -0.2) is 4.98 Å². The van der Waals surface area contributed by atoms with E-state index in [0.717, 1.165) is 15.2 Å². The highest BCUT2D eigenvalue weighted by Gasteiger charge is 2.19. The Morgan fingerprint density at radius 1 is 1.29 bits per heavy atom. The van der Waals surface area contributed by atoms with Gasteiger partial charge in [-0.3, -0.25) is 4.79 Å². The van der Waals surface area contributed by atoms with Crippen LogP contribution >= 0.6 is 22.6 Å². The van der Waals surface area contributed by atoms with E-state index in [1.165, 1.54) is 6.08 Å². The van der Waals surface area contributed by atoms with Crippen molar-refractivity contribution in [2.24, 2.45) is 7.05 Å². The molecule has 1 atom stereocenters. The summed E-state index contributed by atoms with van der Waals surface area (Å²) in [5.74, 6) is 1.21. The molecule has 1 N–H and O–H groups in total. The normalized spacial score (nSPS) is 12.4. The highest BCUT2D eigenvalue weighted by atomic mass is 127. The Morgan fingerprint density at radius 3 is 2.71 bits per heavy atom. The Balaban J connectivity index is 1.80. The number of halogens is 1. The first-order valence-corrected chi connectivity index (χ1v) is 8.47. The van der Waals surface area contributed by atoms with Crippen molar-refractivity contribution in [3.8, 4) is 0 Å². The van der Waals surface area contributed by atoms with Crippen LogP contribution in [0.4, 0.5) is 0 Å². The first kappa shape index (κ1) is 16.5. The Labute approximate surface area is 153 Å². The van der Waals surface area contributed by atoms with Gasteiger partial charge in [0, 0.05) is 25.5 Å². The molecule has 0 saturated carbocycles. The van der Waals surface area contributed by atoms with Crippen LogP contribution in [0.15, 0.2) is 65.4 Å². The van der Waals surface area contributed by atoms with E-state index < -0.39 is 0 Å². The average Bonchev–Trinajstić information content (AvgIpc) is 3.20. The third-order valence-electron chi connectivity index (χ3n) is 3.53. The molecule has 3 aromatic rings. The van der Waals surface area contributed by atoms with Crippen molar-refractivity contribution in [2.75, 3.05) is 0 Å². The number of nitrogens with zero attached hydrogens (tertiary/aromatic N) is 2. The molecule has 2 aromatic heterocycles. The molecule has 3 rings (SSSR count). The minimum atomic E-state index is -0.319. The lowest BCUT2D eigenvalue weighted by molar-refractivity contribution is -0.117. The van der Waals surface area contributed by atoms with Crippen molar-refractivity contribution < 1.29 is 9.21 Å². The number of benzene rings is 1. The van der Waals surface area contributed by atoms with Gasteiger partial charge in [-0.05, 0) is 46.4 Å². The SMILES string of the molecule is Cn1ccnc1C(NC(=O)C=Cc1ccc(I)o1)c1ccccc1. The number of carbonyl (C=O) groups excluding carboxylic acids is 1. The number of furan rings is 1. The molecule has 1 unspecified atom stereocenters. The number of hydrogen-bond acceptors (Lipinski definition) is 3. The summed E-state index contributed by atoms with van der Waals surface area (Å²) in [5.41, 5.74) is 0.973. The molecule has 6 heteroatoms. The molecular formula is C18H16IN3O2. The van der Waals surface area contributed by atoms with Crippen LogP contribution in [0.3, 0.4) is 0 Å². The fourth-order valence-electron chi connectivity index (χ4n) is 2.36. The lowest BCUT2D eigenvalue weighted by Gasteiger charge is -2.18. The summed E-state index contributed by atoms with van der Waals surface area (Å²) in [4.78, 5) is 16.7. The summed E-state index contributed by atoms with van der Waals surface area (Å²) in [6, 6.07) is 13.1. The van der Waals surface area contributed by atoms with Crippen molar-refractivity contribution in [3.05, 3.63) is 81.8 Å². The second-order valence-electron chi connectivity index (χ2n) is 5.22. The highest BCUT2D eigenvalue weighted by Crippen LogP contribution is 2.20. The van der Waals surface area contributed by atoms with Crippen molar-refractivity contribution in [1.29, 1.82) is 0 Å². The van der Waals surface area contributed by atoms with E-state index >= 15 is 0 Å². The van der Waals surface area contributed by atoms with Crippen LogP contribution in [0.25, 0.3) is 6.08 Å². The zero-order valence-corrected chi connectivity index (χ0v) is 15.2. The van der Waals surface area contributed by atoms with Gasteiger partial charge in [-0.15, -0.1) is 0 Å². The summed E-state index contributed by atoms with van der Waals surface area (Å²) in [6.45, 7) is 0. The van der Waals surface area contributed by atoms with E-state index in [-0.39, 0.29) is 11.9 Å². The standard InChI is InChI=1S/C18H16IN3O2/c1-22-12-11-20-18(22)17(13-5-3-2-4-6-13)21-16(23)10-8-14-7-9-15(19)24-14/h2-12,17H,1H3,(H,21,23). The number of amides is 1. The average molecular weight is 433 g/mol. The van der Waals surface area contributed by atoms with E-state index in [9.17, 15) is 4.79 Å². The smallest absolute Gasteiger partial charge is 0.244 e. The lowest BCUT2D eigenvalue weighted by atomic mass is 10.1. The molecule has 0 radical (unpaired) electrons. The number of carbonyl (C=O) groups is 1. The minimum absolute atomic E-state index is 0.210. The van der Waals surface area contributed by atoms with E-state index in [1.54, 1.807) is 12.3 Å². The number of hydrogen-bond donors (Lipinski definition) is 1. The van der Waals surface area contributed by atoms with Crippen LogP contribution in [-0.2, 0) is 11.8 Å². The van der Waals surface area contributed by atoms with E-state index in [2.05, 4.69) is 32.9 Å². The molecule has 0 saturated heterocycles. The predicted molar refractivity (Wildman–Crippen MR) is 100 cm³/mol. The lowest BCUT2D eigenvalue weighted by Crippen LogP contribution is -2.29. The van der Waals surface area contributed by atoms with Crippen LogP contribution in [0.1, 0.15) is 23.2 Å². The van der Waals surface area contributed by atoms with Gasteiger partial charge in [0.15, 0.2) is 3.77 Å². The summed E-state index contributed by atoms with van der Waals surface area (Å²) in [5, 5.41) is 3.00. The molecule has 0 aliphatic rings. The molecule has 0 spiro atoms. The third kappa shape index (κ3) is 3.94. The second-order valence-corrected chi connectivity index (χ2v) is 6.29. The van der Waals surface area contributed by atoms with Crippen LogP contribution in [0, 0.1) is 3.77 Å². The number of aromatic nitrogens is 2. The Kier molecular flexibility index (Phi) is 5.14. The molecule has 2 heterocycles. The molecule has 24 heavy (non-hydrogen) atoms. The quantitative estimate of drug-likeness (QED) is 0.495. The van der Waals surface area contributed by atoms with Gasteiger partial charge in [0.1, 0.15) is 17.6 Å². The third-order valence-corrected chi connectivity index (χ3v) is 4.11. The van der Waals surface area contributed by atoms with E-state index in [1.807, 2.05) is 60.3 Å². The van der Waals surface area contributed by atoms with Crippen LogP contribution in [0.2, 0.25) is 0 Å². The van der Waals surface area contributed by atoms with Crippen molar-refractivity contribution in [1.82, 2.24) is 14.9 Å². The summed E-state index contributed by atoms with van der Waals surface area (Å²) >= 11 is 2.08. The zero-order chi connectivity index (χ0) is 16.9. The van der Waals surface area contributed by atoms with Gasteiger partial charge in [0.2, 0.25) is 5.91 Å². The summed E-state index contributed by atoms with van der Waals surface area (Å²) < 4.78 is 8.10. The molecular weight excluding hydrogens is 417 g/mol. The Bertz CT molecular complexity index is 852. The first-order valence-electron chi connectivity index (χ1n) is 7.39. The maximum atomic E-state index is 12.3. The fraction of sp³-hybridized carbons (Fsp3) is 0.111. The molecule has 5 nitrogen and oxygen atoms in total. The molecule has 0 aliphatic carbocycles. The predicted octanol–water partition coefficient (Wildman–Crippen LogP) is 3.54. The molecule has 1 amide bonds. The summed E-state index contributed by atoms with van der Waals surface area (Å²) in [7, 11) is 1.91. The highest BCUT2D eigenvalue weighted by molar-refractivity contribution is 14.1. The van der Waals surface area contributed by atoms with Crippen LogP contribution in [-0.4, -0.2) is 15.5 Å². The van der Waals surface area contributed by atoms with Gasteiger partial charge < -0.3 is 14.3 Å². The van der Waals surface area contributed by atoms with Gasteiger partial charge in [0.05, 0.1) is 0 Å². The van der Waals surface area contributed by atoms with E-state index in [0.29, 0.717) is 5.76 Å². The fourth-order valence-corrected chi connectivity index (χ4v) is 2.80. The van der Waals surface area contributed by atoms with Crippen LogP contribution in [0.5, 0.6) is 0 Å². The Morgan fingerprint density at radius 2 is 2.08 bits per heavy atom. The molecule has 0 bridgehead atoms. The minimum Gasteiger partial charge on any atom is -0.451 e. The zero-order valence-electron chi connectivity index (χ0n) is 13.0. The van der Waals surface area contributed by atoms with Gasteiger partial charge >= 0.3 is 0 Å². The second kappa shape index (κ2) is 7.48. The summed E-state index contributed by atoms with van der Waals surface area (Å²) in [6.07, 6.45) is 6.70. The monoisotopic (exact) mass is 433 g/mol. The number of aryl methyl sites for hydroxylation is 1. The van der Waals surface area contributed by atoms with Gasteiger partial charge in [0.25, 0.3) is 0 Å². The van der Waals surface area contributed by atoms with Crippen molar-refractivity contribution in [3.63, 3.8) is 0 Å². The van der Waals surface area contributed by atoms with Crippen molar-refractivity contribution in [2.45, 2.75) is 6.04 Å². The van der Waals surface area contributed by atoms with Gasteiger partial charge in [-0.1, -0.05) is 30.3 Å². The molecule has 1 aromatic carbocycles. The number of imidazole rings is 1. The topological polar surface area (TPSA) is 60.1 Å². The molecule has 0 aliphatic heterocycles. The molecule has 0 fully saturated rings. The molecule has 122 valence electrons. The maximum absolute atomic E-state index is 12.3. The number of nitrogens with one attached hydrogen (secondary N) is 1.